The molecule has 2 aromatic rings. The van der Waals surface area contributed by atoms with Crippen molar-refractivity contribution in [1.82, 2.24) is 0 Å². The third-order valence-corrected chi connectivity index (χ3v) is 3.07. The van der Waals surface area contributed by atoms with Crippen molar-refractivity contribution < 1.29 is 14.2 Å². The number of ether oxygens (including phenoxy) is 3. The van der Waals surface area contributed by atoms with Crippen LogP contribution in [-0.4, -0.2) is 21.3 Å². The Kier molecular flexibility index (Phi) is 3.95. The number of methoxy groups -OCH3 is 3. The van der Waals surface area contributed by atoms with Gasteiger partial charge in [0.1, 0.15) is 0 Å². The second kappa shape index (κ2) is 5.65. The number of hydrogen-bond donors (Lipinski definition) is 0. The summed E-state index contributed by atoms with van der Waals surface area (Å²) in [5.41, 5.74) is 3.30. The van der Waals surface area contributed by atoms with Crippen LogP contribution in [0, 0.1) is 6.92 Å². The molecule has 2 aromatic carbocycles. The van der Waals surface area contributed by atoms with Crippen molar-refractivity contribution in [2.24, 2.45) is 0 Å². The van der Waals surface area contributed by atoms with Crippen LogP contribution in [0.2, 0.25) is 0 Å². The van der Waals surface area contributed by atoms with Crippen LogP contribution in [0.25, 0.3) is 11.1 Å². The van der Waals surface area contributed by atoms with Gasteiger partial charge in [-0.2, -0.15) is 0 Å². The van der Waals surface area contributed by atoms with Gasteiger partial charge in [-0.05, 0) is 24.6 Å². The molecule has 0 aliphatic heterocycles. The predicted octanol–water partition coefficient (Wildman–Crippen LogP) is 3.69. The zero-order chi connectivity index (χ0) is 13.8. The predicted molar refractivity (Wildman–Crippen MR) is 76.3 cm³/mol. The fraction of sp³-hybridized carbons (Fsp3) is 0.250. The quantitative estimate of drug-likeness (QED) is 0.837. The van der Waals surface area contributed by atoms with Gasteiger partial charge in [0.15, 0.2) is 11.5 Å². The molecule has 19 heavy (non-hydrogen) atoms. The van der Waals surface area contributed by atoms with E-state index in [0.717, 1.165) is 11.1 Å². The van der Waals surface area contributed by atoms with Crippen molar-refractivity contribution in [3.05, 3.63) is 42.0 Å². The van der Waals surface area contributed by atoms with Gasteiger partial charge in [-0.3, -0.25) is 0 Å². The van der Waals surface area contributed by atoms with Gasteiger partial charge in [0.25, 0.3) is 0 Å². The lowest BCUT2D eigenvalue weighted by molar-refractivity contribution is 0.325. The van der Waals surface area contributed by atoms with E-state index in [4.69, 9.17) is 14.2 Å². The van der Waals surface area contributed by atoms with Gasteiger partial charge in [0.05, 0.1) is 21.3 Å². The first-order chi connectivity index (χ1) is 9.21. The summed E-state index contributed by atoms with van der Waals surface area (Å²) in [4.78, 5) is 0. The second-order valence-electron chi connectivity index (χ2n) is 4.25. The Morgan fingerprint density at radius 3 is 1.84 bits per heavy atom. The Morgan fingerprint density at radius 2 is 1.32 bits per heavy atom. The molecule has 0 bridgehead atoms. The highest BCUT2D eigenvalue weighted by Gasteiger charge is 2.16. The molecule has 3 nitrogen and oxygen atoms in total. The molecule has 0 aliphatic carbocycles. The lowest BCUT2D eigenvalue weighted by atomic mass is 10.0. The first kappa shape index (κ1) is 13.3. The van der Waals surface area contributed by atoms with E-state index in [2.05, 4.69) is 31.2 Å². The average molecular weight is 258 g/mol. The minimum atomic E-state index is 0.614. The van der Waals surface area contributed by atoms with Gasteiger partial charge in [-0.1, -0.05) is 29.8 Å². The number of aryl methyl sites for hydroxylation is 1. The Hall–Kier alpha value is -2.16. The van der Waals surface area contributed by atoms with E-state index in [9.17, 15) is 0 Å². The lowest BCUT2D eigenvalue weighted by Gasteiger charge is -2.15. The molecule has 0 unspecified atom stereocenters. The largest absolute Gasteiger partial charge is 0.493 e. The van der Waals surface area contributed by atoms with E-state index in [1.807, 2.05) is 12.1 Å². The molecule has 0 radical (unpaired) electrons. The maximum atomic E-state index is 5.49. The maximum absolute atomic E-state index is 5.49. The van der Waals surface area contributed by atoms with Gasteiger partial charge in [-0.15, -0.1) is 0 Å². The first-order valence-electron chi connectivity index (χ1n) is 6.07. The molecule has 0 saturated heterocycles. The highest BCUT2D eigenvalue weighted by molar-refractivity contribution is 5.76. The van der Waals surface area contributed by atoms with Gasteiger partial charge in [0, 0.05) is 5.56 Å². The third-order valence-electron chi connectivity index (χ3n) is 3.07. The molecule has 100 valence electrons. The summed E-state index contributed by atoms with van der Waals surface area (Å²) in [5, 5.41) is 0. The number of benzene rings is 2. The van der Waals surface area contributed by atoms with Gasteiger partial charge < -0.3 is 14.2 Å². The van der Waals surface area contributed by atoms with E-state index in [0.29, 0.717) is 17.2 Å². The van der Waals surface area contributed by atoms with Crippen LogP contribution in [0.4, 0.5) is 0 Å². The molecule has 0 aromatic heterocycles. The van der Waals surface area contributed by atoms with Gasteiger partial charge >= 0.3 is 0 Å². The summed E-state index contributed by atoms with van der Waals surface area (Å²) in [6, 6.07) is 12.1. The summed E-state index contributed by atoms with van der Waals surface area (Å²) >= 11 is 0. The Bertz CT molecular complexity index is 559. The van der Waals surface area contributed by atoms with E-state index in [-0.39, 0.29) is 0 Å². The lowest BCUT2D eigenvalue weighted by Crippen LogP contribution is -1.96. The van der Waals surface area contributed by atoms with Gasteiger partial charge in [-0.25, -0.2) is 0 Å². The van der Waals surface area contributed by atoms with E-state index < -0.39 is 0 Å². The Balaban J connectivity index is 2.60. The molecule has 0 aliphatic rings. The second-order valence-corrected chi connectivity index (χ2v) is 4.25. The average Bonchev–Trinajstić information content (AvgIpc) is 2.46. The highest BCUT2D eigenvalue weighted by Crippen LogP contribution is 2.44. The molecule has 0 saturated carbocycles. The molecule has 0 heterocycles. The van der Waals surface area contributed by atoms with Crippen molar-refractivity contribution in [3.8, 4) is 28.4 Å². The molecule has 0 amide bonds. The Morgan fingerprint density at radius 1 is 0.684 bits per heavy atom. The first-order valence-corrected chi connectivity index (χ1v) is 6.07. The minimum absolute atomic E-state index is 0.614. The molecule has 3 heteroatoms. The molecule has 0 fully saturated rings. The molecular weight excluding hydrogens is 240 g/mol. The van der Waals surface area contributed by atoms with Crippen LogP contribution >= 0.6 is 0 Å². The SMILES string of the molecule is COc1ccc(-c2ccc(C)cc2)c(OC)c1OC. The zero-order valence-electron chi connectivity index (χ0n) is 11.7. The standard InChI is InChI=1S/C16H18O3/c1-11-5-7-12(8-6-11)13-9-10-14(17-2)16(19-4)15(13)18-3/h5-10H,1-4H3. The van der Waals surface area contributed by atoms with Crippen LogP contribution in [0.15, 0.2) is 36.4 Å². The minimum Gasteiger partial charge on any atom is -0.493 e. The summed E-state index contributed by atoms with van der Waals surface area (Å²) in [6.07, 6.45) is 0. The number of hydrogen-bond acceptors (Lipinski definition) is 3. The van der Waals surface area contributed by atoms with Crippen LogP contribution < -0.4 is 14.2 Å². The summed E-state index contributed by atoms with van der Waals surface area (Å²) in [5.74, 6) is 1.96. The summed E-state index contributed by atoms with van der Waals surface area (Å²) in [6.45, 7) is 2.07. The van der Waals surface area contributed by atoms with Crippen LogP contribution in [0.1, 0.15) is 5.56 Å². The topological polar surface area (TPSA) is 27.7 Å². The molecular formula is C16H18O3. The zero-order valence-corrected chi connectivity index (χ0v) is 11.7. The van der Waals surface area contributed by atoms with Crippen LogP contribution in [0.3, 0.4) is 0 Å². The van der Waals surface area contributed by atoms with Crippen molar-refractivity contribution >= 4 is 0 Å². The molecule has 0 spiro atoms. The van der Waals surface area contributed by atoms with E-state index in [1.165, 1.54) is 5.56 Å². The number of rotatable bonds is 4. The van der Waals surface area contributed by atoms with Crippen LogP contribution in [0.5, 0.6) is 17.2 Å². The smallest absolute Gasteiger partial charge is 0.203 e. The van der Waals surface area contributed by atoms with E-state index in [1.54, 1.807) is 21.3 Å². The molecule has 0 atom stereocenters. The van der Waals surface area contributed by atoms with E-state index >= 15 is 0 Å². The maximum Gasteiger partial charge on any atom is 0.203 e. The Labute approximate surface area is 113 Å². The molecule has 0 N–H and O–H groups in total. The fourth-order valence-electron chi connectivity index (χ4n) is 2.06. The van der Waals surface area contributed by atoms with Crippen molar-refractivity contribution in [2.75, 3.05) is 21.3 Å². The van der Waals surface area contributed by atoms with Crippen LogP contribution in [-0.2, 0) is 0 Å². The molecule has 2 rings (SSSR count). The summed E-state index contributed by atoms with van der Waals surface area (Å²) < 4.78 is 16.2. The normalized spacial score (nSPS) is 10.1. The van der Waals surface area contributed by atoms with Crippen molar-refractivity contribution in [2.45, 2.75) is 6.92 Å². The van der Waals surface area contributed by atoms with Gasteiger partial charge in [0.2, 0.25) is 5.75 Å². The van der Waals surface area contributed by atoms with Crippen molar-refractivity contribution in [3.63, 3.8) is 0 Å². The summed E-state index contributed by atoms with van der Waals surface area (Å²) in [7, 11) is 4.86. The fourth-order valence-corrected chi connectivity index (χ4v) is 2.06. The third kappa shape index (κ3) is 2.50. The monoisotopic (exact) mass is 258 g/mol. The van der Waals surface area contributed by atoms with Crippen molar-refractivity contribution in [1.29, 1.82) is 0 Å². The highest BCUT2D eigenvalue weighted by atomic mass is 16.5.